The van der Waals surface area contributed by atoms with E-state index in [1.807, 2.05) is 18.2 Å². The van der Waals surface area contributed by atoms with Crippen LogP contribution in [-0.2, 0) is 46.3 Å². The fraction of sp³-hybridized carbons (Fsp3) is 0.333. The van der Waals surface area contributed by atoms with Gasteiger partial charge in [-0.2, -0.15) is 0 Å². The largest absolute Gasteiger partial charge is 1.00 e. The van der Waals surface area contributed by atoms with Crippen molar-refractivity contribution in [3.63, 3.8) is 0 Å². The molecule has 0 radical (unpaired) electrons. The van der Waals surface area contributed by atoms with Crippen molar-refractivity contribution in [1.29, 1.82) is 0 Å². The Hall–Kier alpha value is -3.18. The smallest absolute Gasteiger partial charge is 1.00 e. The zero-order chi connectivity index (χ0) is 30.9. The second-order valence-corrected chi connectivity index (χ2v) is 8.77. The number of rotatable bonds is 14. The van der Waals surface area contributed by atoms with Crippen molar-refractivity contribution in [2.45, 2.75) is 49.9 Å². The maximum Gasteiger partial charge on any atom is 1.00 e. The van der Waals surface area contributed by atoms with Crippen molar-refractivity contribution in [2.24, 2.45) is 11.5 Å². The first-order valence-corrected chi connectivity index (χ1v) is 12.3. The molecule has 0 aliphatic heterocycles. The molecule has 15 heteroatoms. The maximum atomic E-state index is 11.8. The Bertz CT molecular complexity index is 1190. The van der Waals surface area contributed by atoms with E-state index in [4.69, 9.17) is 26.8 Å². The molecule has 224 valence electrons. The van der Waals surface area contributed by atoms with Gasteiger partial charge in [0.25, 0.3) is 0 Å². The molecular formula is C27H35KN4O10. The first-order valence-electron chi connectivity index (χ1n) is 12.3. The van der Waals surface area contributed by atoms with E-state index in [1.165, 1.54) is 7.11 Å². The quantitative estimate of drug-likeness (QED) is 0.0806. The summed E-state index contributed by atoms with van der Waals surface area (Å²) in [6.45, 7) is 0. The summed E-state index contributed by atoms with van der Waals surface area (Å²) >= 11 is 0. The molecule has 0 aromatic heterocycles. The summed E-state index contributed by atoms with van der Waals surface area (Å²) in [5.41, 5.74) is 12.4. The zero-order valence-corrected chi connectivity index (χ0v) is 26.4. The van der Waals surface area contributed by atoms with Crippen LogP contribution < -0.4 is 73.5 Å². The SMILES string of the molecule is COC(=O)[C@H](Cc1ccccc1)NC(=O)[C@@H](N)CC(=O)O.N[C@@H](CC(=O)O)C(=O)N[C@@H](Cc1ccccc1)C(=O)O.[H-].[K+]. The van der Waals surface area contributed by atoms with E-state index in [1.54, 1.807) is 42.5 Å². The van der Waals surface area contributed by atoms with Crippen LogP contribution in [0.25, 0.3) is 0 Å². The van der Waals surface area contributed by atoms with Crippen molar-refractivity contribution in [1.82, 2.24) is 10.6 Å². The molecule has 2 amide bonds. The number of benzene rings is 2. The fourth-order valence-electron chi connectivity index (χ4n) is 3.35. The van der Waals surface area contributed by atoms with Gasteiger partial charge in [-0.25, -0.2) is 9.59 Å². The number of ether oxygens (including phenoxy) is 1. The number of carbonyl (C=O) groups excluding carboxylic acids is 3. The summed E-state index contributed by atoms with van der Waals surface area (Å²) in [5, 5.41) is 30.9. The number of nitrogens with two attached hydrogens (primary N) is 2. The number of carboxylic acids is 3. The number of methoxy groups -OCH3 is 1. The molecule has 0 saturated heterocycles. The number of carboxylic acid groups (broad SMARTS) is 3. The minimum Gasteiger partial charge on any atom is -1.00 e. The van der Waals surface area contributed by atoms with E-state index < -0.39 is 72.7 Å². The molecule has 14 nitrogen and oxygen atoms in total. The Morgan fingerprint density at radius 3 is 1.40 bits per heavy atom. The van der Waals surface area contributed by atoms with Crippen molar-refractivity contribution in [3.8, 4) is 0 Å². The molecule has 0 fully saturated rings. The standard InChI is InChI=1S/C14H18N2O5.C13H16N2O5.K.H/c1-21-14(20)11(7-9-5-3-2-4-6-9)16-13(19)10(15)8-12(17)18;14-9(7-11(16)17)12(18)15-10(13(19)20)6-8-4-2-1-3-5-8;;/h2-6,10-11H,7-8,15H2,1H3,(H,16,19)(H,17,18);1-5,9-10H,6-7,14H2,(H,15,18)(H,16,17)(H,19,20);;/q;;+1;-1/t10-,11-;9-,10-;;/m00../s1. The van der Waals surface area contributed by atoms with Crippen LogP contribution in [0.2, 0.25) is 0 Å². The summed E-state index contributed by atoms with van der Waals surface area (Å²) in [6, 6.07) is 13.3. The number of amides is 2. The van der Waals surface area contributed by atoms with Crippen LogP contribution in [0.15, 0.2) is 60.7 Å². The van der Waals surface area contributed by atoms with E-state index in [-0.39, 0.29) is 65.7 Å². The van der Waals surface area contributed by atoms with Gasteiger partial charge in [-0.1, -0.05) is 60.7 Å². The summed E-state index contributed by atoms with van der Waals surface area (Å²) in [6.07, 6.45) is -0.727. The van der Waals surface area contributed by atoms with Crippen molar-refractivity contribution in [2.75, 3.05) is 7.11 Å². The third-order valence-electron chi connectivity index (χ3n) is 5.44. The summed E-state index contributed by atoms with van der Waals surface area (Å²) < 4.78 is 4.64. The molecule has 2 aromatic carbocycles. The van der Waals surface area contributed by atoms with Crippen LogP contribution in [0.4, 0.5) is 0 Å². The maximum absolute atomic E-state index is 11.8. The number of esters is 1. The van der Waals surface area contributed by atoms with Crippen molar-refractivity contribution >= 4 is 35.7 Å². The molecule has 0 aliphatic carbocycles. The average Bonchev–Trinajstić information content (AvgIpc) is 2.92. The van der Waals surface area contributed by atoms with Gasteiger partial charge in [0.05, 0.1) is 32.0 Å². The van der Waals surface area contributed by atoms with Gasteiger partial charge >= 0.3 is 75.3 Å². The molecule has 9 N–H and O–H groups in total. The Labute approximate surface area is 286 Å². The van der Waals surface area contributed by atoms with Gasteiger partial charge < -0.3 is 43.6 Å². The van der Waals surface area contributed by atoms with Gasteiger partial charge in [-0.05, 0) is 11.1 Å². The molecule has 0 heterocycles. The molecule has 0 aliphatic rings. The topological polar surface area (TPSA) is 248 Å². The van der Waals surface area contributed by atoms with Crippen LogP contribution in [0.3, 0.4) is 0 Å². The van der Waals surface area contributed by atoms with Gasteiger partial charge in [-0.15, -0.1) is 0 Å². The van der Waals surface area contributed by atoms with Crippen molar-refractivity contribution in [3.05, 3.63) is 71.8 Å². The third-order valence-corrected chi connectivity index (χ3v) is 5.44. The summed E-state index contributed by atoms with van der Waals surface area (Å²) in [7, 11) is 1.21. The first kappa shape index (κ1) is 38.8. The van der Waals surface area contributed by atoms with Gasteiger partial charge in [0.15, 0.2) is 0 Å². The third kappa shape index (κ3) is 15.7. The van der Waals surface area contributed by atoms with E-state index in [9.17, 15) is 28.8 Å². The minimum atomic E-state index is -1.27. The van der Waals surface area contributed by atoms with Gasteiger partial charge in [-0.3, -0.25) is 19.2 Å². The van der Waals surface area contributed by atoms with Crippen LogP contribution in [-0.4, -0.2) is 82.3 Å². The van der Waals surface area contributed by atoms with Crippen LogP contribution in [0.5, 0.6) is 0 Å². The zero-order valence-electron chi connectivity index (χ0n) is 24.3. The van der Waals surface area contributed by atoms with E-state index in [0.717, 1.165) is 11.1 Å². The Morgan fingerprint density at radius 2 is 1.07 bits per heavy atom. The normalized spacial score (nSPS) is 12.8. The Morgan fingerprint density at radius 1 is 0.714 bits per heavy atom. The fourth-order valence-corrected chi connectivity index (χ4v) is 3.35. The first-order chi connectivity index (χ1) is 19.3. The molecule has 2 aromatic rings. The van der Waals surface area contributed by atoms with E-state index >= 15 is 0 Å². The van der Waals surface area contributed by atoms with Gasteiger partial charge in [0, 0.05) is 12.8 Å². The molecule has 2 rings (SSSR count). The van der Waals surface area contributed by atoms with E-state index in [0.29, 0.717) is 0 Å². The average molecular weight is 615 g/mol. The second-order valence-electron chi connectivity index (χ2n) is 8.77. The molecule has 0 unspecified atom stereocenters. The predicted octanol–water partition coefficient (Wildman–Crippen LogP) is -3.59. The molecule has 0 spiro atoms. The molecule has 0 saturated carbocycles. The number of hydrogen-bond donors (Lipinski definition) is 7. The second kappa shape index (κ2) is 20.7. The number of carbonyl (C=O) groups is 6. The Balaban J connectivity index is 0. The monoisotopic (exact) mass is 614 g/mol. The van der Waals surface area contributed by atoms with Crippen LogP contribution in [0.1, 0.15) is 25.4 Å². The summed E-state index contributed by atoms with van der Waals surface area (Å²) in [5.74, 6) is -5.73. The van der Waals surface area contributed by atoms with Crippen LogP contribution >= 0.6 is 0 Å². The van der Waals surface area contributed by atoms with Crippen molar-refractivity contribution < 1.29 is 102 Å². The minimum absolute atomic E-state index is 0. The molecule has 0 bridgehead atoms. The Kier molecular flexibility index (Phi) is 19.1. The molecular weight excluding hydrogens is 579 g/mol. The van der Waals surface area contributed by atoms with Gasteiger partial charge in [0.1, 0.15) is 12.1 Å². The number of aliphatic carboxylic acids is 3. The van der Waals surface area contributed by atoms with Gasteiger partial charge in [0.2, 0.25) is 11.8 Å². The number of nitrogens with one attached hydrogen (secondary N) is 2. The molecule has 4 atom stereocenters. The van der Waals surface area contributed by atoms with E-state index in [2.05, 4.69) is 15.4 Å². The summed E-state index contributed by atoms with van der Waals surface area (Å²) in [4.78, 5) is 67.2. The predicted molar refractivity (Wildman–Crippen MR) is 145 cm³/mol. The van der Waals surface area contributed by atoms with Crippen LogP contribution in [0, 0.1) is 0 Å². The molecule has 42 heavy (non-hydrogen) atoms. The number of hydrogen-bond acceptors (Lipinski definition) is 9.